The van der Waals surface area contributed by atoms with E-state index in [-0.39, 0.29) is 17.8 Å². The first-order valence-corrected chi connectivity index (χ1v) is 8.42. The minimum absolute atomic E-state index is 0.0550. The Labute approximate surface area is 152 Å². The molecule has 0 aliphatic carbocycles. The summed E-state index contributed by atoms with van der Waals surface area (Å²) in [5.41, 5.74) is 1.36. The molecule has 136 valence electrons. The minimum atomic E-state index is -0.325. The van der Waals surface area contributed by atoms with Crippen LogP contribution in [0.1, 0.15) is 34.1 Å². The molecule has 0 bridgehead atoms. The highest BCUT2D eigenvalue weighted by Crippen LogP contribution is 2.30. The smallest absolute Gasteiger partial charge is 0.255 e. The van der Waals surface area contributed by atoms with Gasteiger partial charge >= 0.3 is 0 Å². The highest BCUT2D eigenvalue weighted by Gasteiger charge is 2.20. The molecule has 2 aromatic rings. The van der Waals surface area contributed by atoms with Crippen molar-refractivity contribution >= 4 is 17.4 Å². The number of amides is 1. The van der Waals surface area contributed by atoms with Gasteiger partial charge in [-0.05, 0) is 37.3 Å². The standard InChI is InChI=1S/C20H21NO5/c1-13(22)16-5-3-4-6-17(16)21-20(23)14-7-8-18(24-2)19(11-14)26-15-9-10-25-12-15/h3-8,11,15H,9-10,12H2,1-2H3,(H,21,23). The summed E-state index contributed by atoms with van der Waals surface area (Å²) >= 11 is 0. The summed E-state index contributed by atoms with van der Waals surface area (Å²) < 4.78 is 16.6. The molecule has 26 heavy (non-hydrogen) atoms. The van der Waals surface area contributed by atoms with E-state index >= 15 is 0 Å². The molecule has 1 heterocycles. The van der Waals surface area contributed by atoms with Gasteiger partial charge in [0, 0.05) is 17.5 Å². The average Bonchev–Trinajstić information content (AvgIpc) is 3.15. The Kier molecular flexibility index (Phi) is 5.53. The Morgan fingerprint density at radius 1 is 1.15 bits per heavy atom. The summed E-state index contributed by atoms with van der Waals surface area (Å²) in [6, 6.07) is 11.9. The van der Waals surface area contributed by atoms with Gasteiger partial charge in [-0.1, -0.05) is 12.1 Å². The fraction of sp³-hybridized carbons (Fsp3) is 0.300. The zero-order chi connectivity index (χ0) is 18.5. The number of carbonyl (C=O) groups excluding carboxylic acids is 2. The molecule has 1 unspecified atom stereocenters. The number of hydrogen-bond acceptors (Lipinski definition) is 5. The fourth-order valence-corrected chi connectivity index (χ4v) is 2.79. The van der Waals surface area contributed by atoms with Crippen LogP contribution in [0, 0.1) is 0 Å². The lowest BCUT2D eigenvalue weighted by Gasteiger charge is -2.16. The van der Waals surface area contributed by atoms with Crippen molar-refractivity contribution in [2.45, 2.75) is 19.4 Å². The molecule has 1 aliphatic rings. The number of ketones is 1. The van der Waals surface area contributed by atoms with Crippen LogP contribution in [0.3, 0.4) is 0 Å². The molecule has 1 atom stereocenters. The lowest BCUT2D eigenvalue weighted by Crippen LogP contribution is -2.18. The summed E-state index contributed by atoms with van der Waals surface area (Å²) in [5, 5.41) is 2.79. The molecule has 1 aliphatic heterocycles. The molecule has 3 rings (SSSR count). The predicted octanol–water partition coefficient (Wildman–Crippen LogP) is 3.32. The van der Waals surface area contributed by atoms with Gasteiger partial charge in [-0.25, -0.2) is 0 Å². The van der Waals surface area contributed by atoms with Crippen LogP contribution >= 0.6 is 0 Å². The van der Waals surface area contributed by atoms with Crippen LogP contribution in [-0.4, -0.2) is 38.1 Å². The molecular formula is C20H21NO5. The Balaban J connectivity index is 1.82. The van der Waals surface area contributed by atoms with Crippen molar-refractivity contribution in [2.24, 2.45) is 0 Å². The number of methoxy groups -OCH3 is 1. The number of ether oxygens (including phenoxy) is 3. The summed E-state index contributed by atoms with van der Waals surface area (Å²) in [6.45, 7) is 2.65. The van der Waals surface area contributed by atoms with Crippen molar-refractivity contribution in [3.8, 4) is 11.5 Å². The van der Waals surface area contributed by atoms with Gasteiger partial charge in [0.25, 0.3) is 5.91 Å². The van der Waals surface area contributed by atoms with Gasteiger partial charge in [0.15, 0.2) is 17.3 Å². The van der Waals surface area contributed by atoms with Gasteiger partial charge in [-0.3, -0.25) is 9.59 Å². The van der Waals surface area contributed by atoms with Crippen molar-refractivity contribution in [3.63, 3.8) is 0 Å². The molecule has 0 spiro atoms. The third-order valence-corrected chi connectivity index (χ3v) is 4.16. The highest BCUT2D eigenvalue weighted by atomic mass is 16.6. The summed E-state index contributed by atoms with van der Waals surface area (Å²) in [7, 11) is 1.55. The molecule has 6 nitrogen and oxygen atoms in total. The first-order valence-electron chi connectivity index (χ1n) is 8.42. The Morgan fingerprint density at radius 2 is 1.96 bits per heavy atom. The summed E-state index contributed by atoms with van der Waals surface area (Å²) in [6.07, 6.45) is 0.742. The summed E-state index contributed by atoms with van der Waals surface area (Å²) in [4.78, 5) is 24.3. The maximum atomic E-state index is 12.6. The van der Waals surface area contributed by atoms with E-state index in [2.05, 4.69) is 5.32 Å². The van der Waals surface area contributed by atoms with E-state index in [1.165, 1.54) is 6.92 Å². The van der Waals surface area contributed by atoms with Crippen LogP contribution in [-0.2, 0) is 4.74 Å². The van der Waals surface area contributed by atoms with E-state index in [0.29, 0.717) is 41.5 Å². The summed E-state index contributed by atoms with van der Waals surface area (Å²) in [5.74, 6) is 0.614. The van der Waals surface area contributed by atoms with Gasteiger partial charge < -0.3 is 19.5 Å². The number of rotatable bonds is 6. The quantitative estimate of drug-likeness (QED) is 0.805. The Bertz CT molecular complexity index is 812. The molecule has 1 amide bonds. The Hall–Kier alpha value is -2.86. The number of benzene rings is 2. The van der Waals surface area contributed by atoms with Crippen molar-refractivity contribution < 1.29 is 23.8 Å². The molecule has 0 aromatic heterocycles. The zero-order valence-corrected chi connectivity index (χ0v) is 14.8. The maximum Gasteiger partial charge on any atom is 0.255 e. The van der Waals surface area contributed by atoms with Crippen molar-refractivity contribution in [1.82, 2.24) is 0 Å². The molecule has 6 heteroatoms. The van der Waals surface area contributed by atoms with Gasteiger partial charge in [-0.15, -0.1) is 0 Å². The second kappa shape index (κ2) is 8.01. The lowest BCUT2D eigenvalue weighted by atomic mass is 10.1. The monoisotopic (exact) mass is 355 g/mol. The number of anilines is 1. The van der Waals surface area contributed by atoms with Gasteiger partial charge in [0.1, 0.15) is 6.10 Å². The molecule has 0 radical (unpaired) electrons. The zero-order valence-electron chi connectivity index (χ0n) is 14.8. The van der Waals surface area contributed by atoms with E-state index in [9.17, 15) is 9.59 Å². The molecule has 1 saturated heterocycles. The normalized spacial score (nSPS) is 16.2. The number of carbonyl (C=O) groups is 2. The number of para-hydroxylation sites is 1. The molecule has 1 N–H and O–H groups in total. The Morgan fingerprint density at radius 3 is 2.65 bits per heavy atom. The third kappa shape index (κ3) is 4.03. The molecular weight excluding hydrogens is 334 g/mol. The first kappa shape index (κ1) is 17.9. The second-order valence-corrected chi connectivity index (χ2v) is 6.02. The van der Waals surface area contributed by atoms with E-state index in [0.717, 1.165) is 6.42 Å². The molecule has 1 fully saturated rings. The lowest BCUT2D eigenvalue weighted by molar-refractivity contribution is 0.101. The highest BCUT2D eigenvalue weighted by molar-refractivity contribution is 6.09. The van der Waals surface area contributed by atoms with Crippen LogP contribution in [0.5, 0.6) is 11.5 Å². The predicted molar refractivity (Wildman–Crippen MR) is 97.2 cm³/mol. The van der Waals surface area contributed by atoms with E-state index in [1.54, 1.807) is 49.6 Å². The minimum Gasteiger partial charge on any atom is -0.493 e. The fourth-order valence-electron chi connectivity index (χ4n) is 2.79. The van der Waals surface area contributed by atoms with Crippen molar-refractivity contribution in [2.75, 3.05) is 25.6 Å². The maximum absolute atomic E-state index is 12.6. The molecule has 2 aromatic carbocycles. The second-order valence-electron chi connectivity index (χ2n) is 6.02. The third-order valence-electron chi connectivity index (χ3n) is 4.16. The van der Waals surface area contributed by atoms with Crippen molar-refractivity contribution in [3.05, 3.63) is 53.6 Å². The average molecular weight is 355 g/mol. The van der Waals surface area contributed by atoms with Gasteiger partial charge in [0.2, 0.25) is 0 Å². The van der Waals surface area contributed by atoms with Crippen molar-refractivity contribution in [1.29, 1.82) is 0 Å². The van der Waals surface area contributed by atoms with Crippen LogP contribution in [0.25, 0.3) is 0 Å². The largest absolute Gasteiger partial charge is 0.493 e. The molecule has 0 saturated carbocycles. The number of nitrogens with one attached hydrogen (secondary N) is 1. The van der Waals surface area contributed by atoms with E-state index < -0.39 is 0 Å². The van der Waals surface area contributed by atoms with E-state index in [1.807, 2.05) is 0 Å². The first-order chi connectivity index (χ1) is 12.6. The van der Waals surface area contributed by atoms with E-state index in [4.69, 9.17) is 14.2 Å². The van der Waals surface area contributed by atoms with Crippen LogP contribution in [0.2, 0.25) is 0 Å². The number of hydrogen-bond donors (Lipinski definition) is 1. The van der Waals surface area contributed by atoms with Gasteiger partial charge in [0.05, 0.1) is 26.0 Å². The van der Waals surface area contributed by atoms with Crippen LogP contribution < -0.4 is 14.8 Å². The SMILES string of the molecule is COc1ccc(C(=O)Nc2ccccc2C(C)=O)cc1OC1CCOC1. The van der Waals surface area contributed by atoms with Gasteiger partial charge in [-0.2, -0.15) is 0 Å². The van der Waals surface area contributed by atoms with Crippen LogP contribution in [0.4, 0.5) is 5.69 Å². The number of Topliss-reactive ketones (excluding diaryl/α,β-unsaturated/α-hetero) is 1. The van der Waals surface area contributed by atoms with Crippen LogP contribution in [0.15, 0.2) is 42.5 Å². The topological polar surface area (TPSA) is 73.9 Å².